The maximum atomic E-state index is 11.3. The minimum atomic E-state index is -4.23. The predicted octanol–water partition coefficient (Wildman–Crippen LogP) is 1.82. The number of allylic oxidation sites excluding steroid dienone is 1. The fourth-order valence-corrected chi connectivity index (χ4v) is 0.409. The van der Waals surface area contributed by atoms with Crippen LogP contribution in [0.2, 0.25) is 0 Å². The Bertz CT molecular complexity index is 107. The minimum Gasteiger partial charge on any atom is -0.316 e. The standard InChI is InChI=1S/C4H5F3IN/c5-4(6,7)2-1-3(8)9/h1-3H,9H2/b2-1+. The molecule has 54 valence electrons. The van der Waals surface area contributed by atoms with Gasteiger partial charge >= 0.3 is 6.18 Å². The molecule has 0 bridgehead atoms. The van der Waals surface area contributed by atoms with Crippen LogP contribution in [0.25, 0.3) is 0 Å². The second-order valence-corrected chi connectivity index (χ2v) is 2.78. The average molecular weight is 251 g/mol. The lowest BCUT2D eigenvalue weighted by Crippen LogP contribution is -2.09. The van der Waals surface area contributed by atoms with Gasteiger partial charge in [-0.2, -0.15) is 13.2 Å². The Morgan fingerprint density at radius 3 is 2.00 bits per heavy atom. The maximum Gasteiger partial charge on any atom is 0.409 e. The van der Waals surface area contributed by atoms with Crippen molar-refractivity contribution in [3.05, 3.63) is 12.2 Å². The highest BCUT2D eigenvalue weighted by atomic mass is 127. The Kier molecular flexibility index (Phi) is 3.49. The molecule has 0 aromatic carbocycles. The van der Waals surface area contributed by atoms with Crippen molar-refractivity contribution in [1.82, 2.24) is 0 Å². The highest BCUT2D eigenvalue weighted by Gasteiger charge is 2.21. The zero-order chi connectivity index (χ0) is 7.49. The molecule has 0 heterocycles. The smallest absolute Gasteiger partial charge is 0.316 e. The predicted molar refractivity (Wildman–Crippen MR) is 37.2 cm³/mol. The molecule has 0 rings (SSSR count). The molecule has 0 aromatic rings. The lowest BCUT2D eigenvalue weighted by atomic mass is 10.5. The van der Waals surface area contributed by atoms with Gasteiger partial charge in [-0.1, -0.05) is 28.7 Å². The van der Waals surface area contributed by atoms with Gasteiger partial charge in [0.25, 0.3) is 0 Å². The Morgan fingerprint density at radius 1 is 1.44 bits per heavy atom. The number of halogens is 4. The van der Waals surface area contributed by atoms with E-state index in [1.807, 2.05) is 0 Å². The van der Waals surface area contributed by atoms with Crippen LogP contribution in [0.3, 0.4) is 0 Å². The third-order valence-corrected chi connectivity index (χ3v) is 0.884. The van der Waals surface area contributed by atoms with Gasteiger partial charge in [-0.25, -0.2) is 0 Å². The summed E-state index contributed by atoms with van der Waals surface area (Å²) in [6.07, 6.45) is -3.21. The van der Waals surface area contributed by atoms with Crippen LogP contribution >= 0.6 is 22.6 Å². The molecule has 9 heavy (non-hydrogen) atoms. The Balaban J connectivity index is 3.71. The van der Waals surface area contributed by atoms with E-state index in [1.165, 1.54) is 0 Å². The molecule has 0 aliphatic carbocycles. The van der Waals surface area contributed by atoms with Gasteiger partial charge in [0.15, 0.2) is 0 Å². The average Bonchev–Trinajstić information content (AvgIpc) is 1.59. The first-order chi connectivity index (χ1) is 3.92. The summed E-state index contributed by atoms with van der Waals surface area (Å²) in [5, 5.41) is 0. The molecule has 0 amide bonds. The monoisotopic (exact) mass is 251 g/mol. The lowest BCUT2D eigenvalue weighted by Gasteiger charge is -1.97. The van der Waals surface area contributed by atoms with Crippen molar-refractivity contribution >= 4 is 22.6 Å². The molecule has 5 heteroatoms. The van der Waals surface area contributed by atoms with Crippen molar-refractivity contribution in [2.24, 2.45) is 5.73 Å². The second-order valence-electron chi connectivity index (χ2n) is 1.35. The minimum absolute atomic E-state index is 0.129. The van der Waals surface area contributed by atoms with Crippen LogP contribution < -0.4 is 5.73 Å². The molecule has 0 aromatic heterocycles. The molecule has 0 aliphatic rings. The SMILES string of the molecule is NC(I)/C=C/C(F)(F)F. The second kappa shape index (κ2) is 3.40. The molecule has 1 atom stereocenters. The first kappa shape index (κ1) is 9.22. The van der Waals surface area contributed by atoms with E-state index < -0.39 is 10.2 Å². The summed E-state index contributed by atoms with van der Waals surface area (Å²) >= 11 is 1.67. The van der Waals surface area contributed by atoms with Crippen LogP contribution in [0.5, 0.6) is 0 Å². The van der Waals surface area contributed by atoms with Crippen molar-refractivity contribution in [3.63, 3.8) is 0 Å². The third-order valence-electron chi connectivity index (χ3n) is 0.469. The molecule has 1 unspecified atom stereocenters. The fraction of sp³-hybridized carbons (Fsp3) is 0.500. The van der Waals surface area contributed by atoms with E-state index in [1.54, 1.807) is 22.6 Å². The van der Waals surface area contributed by atoms with Gasteiger partial charge in [-0.15, -0.1) is 0 Å². The van der Waals surface area contributed by atoms with E-state index in [0.29, 0.717) is 0 Å². The summed E-state index contributed by atoms with van der Waals surface area (Å²) in [7, 11) is 0. The summed E-state index contributed by atoms with van der Waals surface area (Å²) in [6, 6.07) is 0. The van der Waals surface area contributed by atoms with Crippen LogP contribution in [0.4, 0.5) is 13.2 Å². The van der Waals surface area contributed by atoms with Crippen LogP contribution in [-0.4, -0.2) is 10.2 Å². The summed E-state index contributed by atoms with van der Waals surface area (Å²) in [4.78, 5) is 0. The van der Waals surface area contributed by atoms with Crippen molar-refractivity contribution in [2.45, 2.75) is 10.2 Å². The molecule has 0 saturated heterocycles. The largest absolute Gasteiger partial charge is 0.409 e. The van der Waals surface area contributed by atoms with Crippen molar-refractivity contribution in [2.75, 3.05) is 0 Å². The maximum absolute atomic E-state index is 11.3. The van der Waals surface area contributed by atoms with E-state index in [9.17, 15) is 13.2 Å². The van der Waals surface area contributed by atoms with Gasteiger partial charge in [0.1, 0.15) is 0 Å². The molecule has 0 radical (unpaired) electrons. The van der Waals surface area contributed by atoms with Crippen molar-refractivity contribution in [3.8, 4) is 0 Å². The number of nitrogens with two attached hydrogens (primary N) is 1. The molecule has 0 saturated carbocycles. The molecule has 1 nitrogen and oxygen atoms in total. The zero-order valence-corrected chi connectivity index (χ0v) is 6.48. The van der Waals surface area contributed by atoms with Crippen molar-refractivity contribution in [1.29, 1.82) is 0 Å². The molecule has 2 N–H and O–H groups in total. The third kappa shape index (κ3) is 8.22. The van der Waals surface area contributed by atoms with Gasteiger partial charge in [-0.05, 0) is 0 Å². The summed E-state index contributed by atoms with van der Waals surface area (Å²) in [5.74, 6) is 0. The van der Waals surface area contributed by atoms with Crippen LogP contribution in [0.1, 0.15) is 0 Å². The zero-order valence-electron chi connectivity index (χ0n) is 4.32. The summed E-state index contributed by atoms with van der Waals surface area (Å²) in [5.41, 5.74) is 5.00. The highest BCUT2D eigenvalue weighted by molar-refractivity contribution is 14.1. The summed E-state index contributed by atoms with van der Waals surface area (Å²) in [6.45, 7) is 0. The van der Waals surface area contributed by atoms with Gasteiger partial charge in [-0.3, -0.25) is 0 Å². The molecule has 0 spiro atoms. The topological polar surface area (TPSA) is 26.0 Å². The van der Waals surface area contributed by atoms with Crippen LogP contribution in [-0.2, 0) is 0 Å². The van der Waals surface area contributed by atoms with E-state index in [2.05, 4.69) is 0 Å². The van der Waals surface area contributed by atoms with Crippen molar-refractivity contribution < 1.29 is 13.2 Å². The Morgan fingerprint density at radius 2 is 1.89 bits per heavy atom. The number of hydrogen-bond donors (Lipinski definition) is 1. The van der Waals surface area contributed by atoms with E-state index in [-0.39, 0.29) is 6.08 Å². The first-order valence-corrected chi connectivity index (χ1v) is 3.32. The fourth-order valence-electron chi connectivity index (χ4n) is 0.201. The van der Waals surface area contributed by atoms with Gasteiger partial charge in [0.2, 0.25) is 0 Å². The number of rotatable bonds is 1. The van der Waals surface area contributed by atoms with Gasteiger partial charge < -0.3 is 5.73 Å². The summed E-state index contributed by atoms with van der Waals surface area (Å²) < 4.78 is 33.2. The van der Waals surface area contributed by atoms with Crippen LogP contribution in [0, 0.1) is 0 Å². The molecular weight excluding hydrogens is 246 g/mol. The molecule has 0 aliphatic heterocycles. The van der Waals surface area contributed by atoms with E-state index in [0.717, 1.165) is 6.08 Å². The van der Waals surface area contributed by atoms with E-state index >= 15 is 0 Å². The molecular formula is C4H5F3IN. The van der Waals surface area contributed by atoms with Gasteiger partial charge in [0, 0.05) is 6.08 Å². The highest BCUT2D eigenvalue weighted by Crippen LogP contribution is 2.16. The Labute approximate surface area is 64.2 Å². The number of hydrogen-bond acceptors (Lipinski definition) is 1. The normalized spacial score (nSPS) is 16.6. The van der Waals surface area contributed by atoms with Gasteiger partial charge in [0.05, 0.1) is 4.05 Å². The Hall–Kier alpha value is 0.220. The quantitative estimate of drug-likeness (QED) is 0.327. The molecule has 0 fully saturated rings. The lowest BCUT2D eigenvalue weighted by molar-refractivity contribution is -0.0799. The number of alkyl halides is 4. The first-order valence-electron chi connectivity index (χ1n) is 2.07. The van der Waals surface area contributed by atoms with Crippen LogP contribution in [0.15, 0.2) is 12.2 Å². The van der Waals surface area contributed by atoms with E-state index in [4.69, 9.17) is 5.73 Å².